The number of nitrogens with one attached hydrogen (secondary N) is 3. The van der Waals surface area contributed by atoms with Crippen LogP contribution in [0.15, 0.2) is 70.0 Å². The van der Waals surface area contributed by atoms with Gasteiger partial charge in [-0.3, -0.25) is 15.1 Å². The number of halogens is 3. The van der Waals surface area contributed by atoms with Gasteiger partial charge in [-0.05, 0) is 75.4 Å². The number of H-pyrrole nitrogens is 1. The van der Waals surface area contributed by atoms with Crippen LogP contribution in [0.25, 0.3) is 12.2 Å². The predicted molar refractivity (Wildman–Crippen MR) is 136 cm³/mol. The first kappa shape index (κ1) is 25.0. The third kappa shape index (κ3) is 5.39. The highest BCUT2D eigenvalue weighted by Crippen LogP contribution is 2.45. The predicted octanol–water partition coefficient (Wildman–Crippen LogP) is 2.69. The standard InChI is InChI=1S/C27H28F3N5O2/c1-24(2,3)37-23(36)15-31-26-11-9-22(35-26)14-20-7-5-18(33-20)12-17-4-6-19(32-17)13-21-8-10-25(16-26,34-21)27(28,29)30/h4-10,12-14,31-32,35H,11,15-16H2,1-3H3. The molecule has 0 spiro atoms. The number of carbonyl (C=O) groups is 1. The fourth-order valence-electron chi connectivity index (χ4n) is 4.73. The zero-order chi connectivity index (χ0) is 26.5. The summed E-state index contributed by atoms with van der Waals surface area (Å²) in [5, 5.41) is 7.63. The molecule has 0 aliphatic carbocycles. The molecule has 2 unspecified atom stereocenters. The lowest BCUT2D eigenvalue weighted by Gasteiger charge is -2.39. The molecule has 0 amide bonds. The van der Waals surface area contributed by atoms with Gasteiger partial charge < -0.3 is 15.0 Å². The van der Waals surface area contributed by atoms with E-state index in [2.05, 4.69) is 25.6 Å². The lowest BCUT2D eigenvalue weighted by atomic mass is 9.86. The number of fused-ring (bicyclic) bond motifs is 6. The average molecular weight is 512 g/mol. The van der Waals surface area contributed by atoms with Crippen LogP contribution in [0.2, 0.25) is 0 Å². The molecule has 4 aliphatic rings. The third-order valence-corrected chi connectivity index (χ3v) is 6.29. The first-order chi connectivity index (χ1) is 17.3. The van der Waals surface area contributed by atoms with E-state index in [0.29, 0.717) is 16.7 Å². The molecular formula is C27H28F3N5O2. The van der Waals surface area contributed by atoms with Crippen molar-refractivity contribution in [2.45, 2.75) is 56.6 Å². The second kappa shape index (κ2) is 8.72. The molecule has 3 N–H and O–H groups in total. The molecule has 0 aromatic carbocycles. The van der Waals surface area contributed by atoms with Gasteiger partial charge in [-0.15, -0.1) is 0 Å². The summed E-state index contributed by atoms with van der Waals surface area (Å²) in [6.07, 6.45) is 8.24. The molecule has 5 heterocycles. The van der Waals surface area contributed by atoms with Gasteiger partial charge in [-0.2, -0.15) is 13.2 Å². The Morgan fingerprint density at radius 2 is 1.81 bits per heavy atom. The van der Waals surface area contributed by atoms with Crippen LogP contribution in [-0.4, -0.2) is 51.9 Å². The van der Waals surface area contributed by atoms with Gasteiger partial charge in [0.25, 0.3) is 0 Å². The largest absolute Gasteiger partial charge is 0.459 e. The van der Waals surface area contributed by atoms with Crippen LogP contribution in [-0.2, 0) is 9.53 Å². The maximum absolute atomic E-state index is 14.6. The van der Waals surface area contributed by atoms with E-state index in [4.69, 9.17) is 4.74 Å². The van der Waals surface area contributed by atoms with Crippen molar-refractivity contribution in [1.29, 1.82) is 0 Å². The van der Waals surface area contributed by atoms with E-state index in [1.54, 1.807) is 45.1 Å². The van der Waals surface area contributed by atoms with Gasteiger partial charge in [0.05, 0.1) is 29.3 Å². The van der Waals surface area contributed by atoms with Gasteiger partial charge in [-0.25, -0.2) is 4.99 Å². The molecule has 2 atom stereocenters. The molecule has 194 valence electrons. The molecule has 8 bridgehead atoms. The quantitative estimate of drug-likeness (QED) is 0.545. The Balaban J connectivity index is 1.57. The topological polar surface area (TPSA) is 90.9 Å². The maximum Gasteiger partial charge on any atom is 0.417 e. The van der Waals surface area contributed by atoms with Crippen molar-refractivity contribution in [2.75, 3.05) is 6.54 Å². The fraction of sp³-hybridized carbons (Fsp3) is 0.370. The lowest BCUT2D eigenvalue weighted by molar-refractivity contribution is -0.176. The van der Waals surface area contributed by atoms with E-state index < -0.39 is 35.4 Å². The summed E-state index contributed by atoms with van der Waals surface area (Å²) in [5.41, 5.74) is -2.31. The molecule has 5 rings (SSSR count). The molecular weight excluding hydrogens is 483 g/mol. The summed E-state index contributed by atoms with van der Waals surface area (Å²) < 4.78 is 49.2. The van der Waals surface area contributed by atoms with Gasteiger partial charge in [0.2, 0.25) is 0 Å². The van der Waals surface area contributed by atoms with E-state index >= 15 is 0 Å². The molecule has 1 aromatic rings. The minimum Gasteiger partial charge on any atom is -0.459 e. The summed E-state index contributed by atoms with van der Waals surface area (Å²) in [6.45, 7) is 4.93. The van der Waals surface area contributed by atoms with E-state index in [1.807, 2.05) is 24.3 Å². The van der Waals surface area contributed by atoms with Crippen LogP contribution in [0.4, 0.5) is 13.2 Å². The Kier molecular flexibility index (Phi) is 5.90. The number of hydrogen-bond acceptors (Lipinski definition) is 6. The molecule has 10 heteroatoms. The van der Waals surface area contributed by atoms with Crippen LogP contribution in [0.1, 0.15) is 33.6 Å². The molecule has 1 aromatic heterocycles. The van der Waals surface area contributed by atoms with Crippen LogP contribution in [0.5, 0.6) is 0 Å². The normalized spacial score (nSPS) is 26.4. The number of carbonyl (C=O) groups excluding carboxylic acids is 1. The van der Waals surface area contributed by atoms with E-state index in [0.717, 1.165) is 17.1 Å². The van der Waals surface area contributed by atoms with E-state index in [9.17, 15) is 18.0 Å². The minimum absolute atomic E-state index is 0.196. The summed E-state index contributed by atoms with van der Waals surface area (Å²) in [7, 11) is 0. The van der Waals surface area contributed by atoms with Crippen molar-refractivity contribution in [1.82, 2.24) is 15.6 Å². The summed E-state index contributed by atoms with van der Waals surface area (Å²) in [4.78, 5) is 24.4. The smallest absolute Gasteiger partial charge is 0.417 e. The second-order valence-electron chi connectivity index (χ2n) is 10.6. The van der Waals surface area contributed by atoms with Crippen molar-refractivity contribution in [3.8, 4) is 0 Å². The monoisotopic (exact) mass is 511 g/mol. The number of ether oxygens (including phenoxy) is 1. The first-order valence-corrected chi connectivity index (χ1v) is 12.0. The highest BCUT2D eigenvalue weighted by Gasteiger charge is 2.59. The van der Waals surface area contributed by atoms with Gasteiger partial charge >= 0.3 is 12.1 Å². The number of aromatic nitrogens is 1. The first-order valence-electron chi connectivity index (χ1n) is 12.0. The van der Waals surface area contributed by atoms with Crippen molar-refractivity contribution < 1.29 is 22.7 Å². The third-order valence-electron chi connectivity index (χ3n) is 6.29. The van der Waals surface area contributed by atoms with E-state index in [1.165, 1.54) is 6.08 Å². The molecule has 0 fully saturated rings. The zero-order valence-electron chi connectivity index (χ0n) is 20.7. The number of nitrogens with zero attached hydrogens (tertiary/aromatic N) is 2. The SMILES string of the molecule is CC(C)(C)OC(=O)CNC12CC=C(C=C3C=CC(=N3)C=c3ccc([nH]3)=CC3=NC(C(F)(F)F)(C=C3)C1)N2. The molecule has 4 aliphatic heterocycles. The number of rotatable bonds is 3. The van der Waals surface area contributed by atoms with Crippen molar-refractivity contribution >= 4 is 29.5 Å². The highest BCUT2D eigenvalue weighted by molar-refractivity contribution is 6.19. The number of hydrogen-bond donors (Lipinski definition) is 3. The minimum atomic E-state index is -4.67. The zero-order valence-corrected chi connectivity index (χ0v) is 20.7. The van der Waals surface area contributed by atoms with E-state index in [-0.39, 0.29) is 18.7 Å². The number of alkyl halides is 3. The van der Waals surface area contributed by atoms with Crippen molar-refractivity contribution in [2.24, 2.45) is 9.98 Å². The Bertz CT molecular complexity index is 1430. The maximum atomic E-state index is 14.6. The molecule has 0 saturated carbocycles. The van der Waals surface area contributed by atoms with Gasteiger partial charge in [-0.1, -0.05) is 6.08 Å². The summed E-state index contributed by atoms with van der Waals surface area (Å²) in [6, 6.07) is 3.61. The fourth-order valence-corrected chi connectivity index (χ4v) is 4.73. The Hall–Kier alpha value is -3.66. The second-order valence-corrected chi connectivity index (χ2v) is 10.6. The molecule has 37 heavy (non-hydrogen) atoms. The van der Waals surface area contributed by atoms with Crippen LogP contribution >= 0.6 is 0 Å². The summed E-state index contributed by atoms with van der Waals surface area (Å²) >= 11 is 0. The molecule has 7 nitrogen and oxygen atoms in total. The van der Waals surface area contributed by atoms with Crippen LogP contribution in [0.3, 0.4) is 0 Å². The lowest BCUT2D eigenvalue weighted by Crippen LogP contribution is -2.61. The Morgan fingerprint density at radius 1 is 1.08 bits per heavy atom. The van der Waals surface area contributed by atoms with Gasteiger partial charge in [0.1, 0.15) is 5.60 Å². The van der Waals surface area contributed by atoms with Crippen molar-refractivity contribution in [3.05, 3.63) is 70.7 Å². The number of esters is 1. The Labute approximate surface area is 212 Å². The van der Waals surface area contributed by atoms with Gasteiger partial charge in [0, 0.05) is 29.2 Å². The van der Waals surface area contributed by atoms with Crippen LogP contribution in [0, 0.1) is 0 Å². The summed E-state index contributed by atoms with van der Waals surface area (Å²) in [5.74, 6) is -0.561. The van der Waals surface area contributed by atoms with Crippen molar-refractivity contribution in [3.63, 3.8) is 0 Å². The molecule has 0 saturated heterocycles. The van der Waals surface area contributed by atoms with Gasteiger partial charge in [0.15, 0.2) is 5.54 Å². The molecule has 0 radical (unpaired) electrons. The van der Waals surface area contributed by atoms with Crippen LogP contribution < -0.4 is 21.3 Å². The highest BCUT2D eigenvalue weighted by atomic mass is 19.4. The number of aromatic amines is 1. The number of allylic oxidation sites excluding steroid dienone is 4. The average Bonchev–Trinajstić information content (AvgIpc) is 3.56. The Morgan fingerprint density at radius 3 is 2.51 bits per heavy atom. The number of aliphatic imine (C=N–C) groups is 2.